The van der Waals surface area contributed by atoms with Gasteiger partial charge in [0.25, 0.3) is 0 Å². The van der Waals surface area contributed by atoms with Gasteiger partial charge in [0, 0.05) is 29.3 Å². The first-order chi connectivity index (χ1) is 15.5. The fourth-order valence-corrected chi connectivity index (χ4v) is 4.94. The van der Waals surface area contributed by atoms with Crippen LogP contribution in [0.15, 0.2) is 70.9 Å². The average molecular weight is 430 g/mol. The molecule has 32 heavy (non-hydrogen) atoms. The van der Waals surface area contributed by atoms with Gasteiger partial charge < -0.3 is 4.74 Å². The van der Waals surface area contributed by atoms with E-state index in [4.69, 9.17) is 9.73 Å². The van der Waals surface area contributed by atoms with Crippen molar-refractivity contribution in [3.05, 3.63) is 82.6 Å². The molecule has 4 rings (SSSR count). The fraction of sp³-hybridized carbons (Fsp3) is 0.393. The highest BCUT2D eigenvalue weighted by Crippen LogP contribution is 2.46. The number of allylic oxidation sites excluding steroid dienone is 2. The summed E-state index contributed by atoms with van der Waals surface area (Å²) in [5.41, 5.74) is 5.63. The molecular weight excluding hydrogens is 398 g/mol. The van der Waals surface area contributed by atoms with Crippen molar-refractivity contribution in [3.8, 4) is 0 Å². The maximum absolute atomic E-state index is 13.5. The molecular formula is C28H31NO3. The Morgan fingerprint density at radius 2 is 1.72 bits per heavy atom. The molecule has 4 heteroatoms. The highest BCUT2D eigenvalue weighted by molar-refractivity contribution is 6.09. The minimum atomic E-state index is -0.565. The van der Waals surface area contributed by atoms with Crippen molar-refractivity contribution >= 4 is 17.5 Å². The minimum Gasteiger partial charge on any atom is -0.465 e. The molecule has 0 aromatic heterocycles. The SMILES string of the molecule is CCCOC(=O)C1C(C)=NC2=C(C(=O)C[C@@H](c3ccccc3)C2)[C@H]1c1ccc(CC)cc1. The molecule has 0 spiro atoms. The molecule has 3 atom stereocenters. The summed E-state index contributed by atoms with van der Waals surface area (Å²) < 4.78 is 5.55. The molecule has 0 bridgehead atoms. The molecule has 2 aliphatic rings. The van der Waals surface area contributed by atoms with Crippen LogP contribution in [0.25, 0.3) is 0 Å². The second-order valence-corrected chi connectivity index (χ2v) is 8.77. The number of ketones is 1. The summed E-state index contributed by atoms with van der Waals surface area (Å²) in [4.78, 5) is 31.5. The lowest BCUT2D eigenvalue weighted by molar-refractivity contribution is -0.146. The Labute approximate surface area is 190 Å². The van der Waals surface area contributed by atoms with E-state index in [1.807, 2.05) is 32.0 Å². The Morgan fingerprint density at radius 1 is 1.00 bits per heavy atom. The van der Waals surface area contributed by atoms with Gasteiger partial charge in [0.1, 0.15) is 5.92 Å². The molecule has 0 N–H and O–H groups in total. The minimum absolute atomic E-state index is 0.0919. The van der Waals surface area contributed by atoms with Gasteiger partial charge in [-0.1, -0.05) is 68.4 Å². The van der Waals surface area contributed by atoms with E-state index in [0.29, 0.717) is 25.0 Å². The number of nitrogens with zero attached hydrogens (tertiary/aromatic N) is 1. The summed E-state index contributed by atoms with van der Waals surface area (Å²) in [6.45, 7) is 6.36. The van der Waals surface area contributed by atoms with E-state index >= 15 is 0 Å². The number of esters is 1. The molecule has 1 heterocycles. The maximum atomic E-state index is 13.5. The predicted octanol–water partition coefficient (Wildman–Crippen LogP) is 5.78. The number of rotatable bonds is 6. The summed E-state index contributed by atoms with van der Waals surface area (Å²) in [7, 11) is 0. The summed E-state index contributed by atoms with van der Waals surface area (Å²) >= 11 is 0. The first-order valence-electron chi connectivity index (χ1n) is 11.6. The van der Waals surface area contributed by atoms with Gasteiger partial charge in [0.2, 0.25) is 0 Å². The molecule has 166 valence electrons. The van der Waals surface area contributed by atoms with E-state index < -0.39 is 5.92 Å². The number of benzene rings is 2. The zero-order valence-corrected chi connectivity index (χ0v) is 19.1. The Hall–Kier alpha value is -3.01. The number of carbonyl (C=O) groups is 2. The topological polar surface area (TPSA) is 55.7 Å². The fourth-order valence-electron chi connectivity index (χ4n) is 4.94. The summed E-state index contributed by atoms with van der Waals surface area (Å²) in [5, 5.41) is 0. The largest absolute Gasteiger partial charge is 0.465 e. The van der Waals surface area contributed by atoms with Crippen LogP contribution in [0.2, 0.25) is 0 Å². The second-order valence-electron chi connectivity index (χ2n) is 8.77. The number of Topliss-reactive ketones (excluding diaryl/α,β-unsaturated/α-hetero) is 1. The van der Waals surface area contributed by atoms with Crippen LogP contribution in [0.4, 0.5) is 0 Å². The van der Waals surface area contributed by atoms with Gasteiger partial charge in [0.05, 0.1) is 6.61 Å². The van der Waals surface area contributed by atoms with E-state index in [2.05, 4.69) is 43.3 Å². The standard InChI is InChI=1S/C28H31NO3/c1-4-15-32-28(31)25-18(3)29-23-16-22(20-9-7-6-8-10-20)17-24(30)27(23)26(25)21-13-11-19(5-2)12-14-21/h6-14,22,25-26H,4-5,15-17H2,1-3H3/t22-,25?,26-/m0/s1. The van der Waals surface area contributed by atoms with Crippen LogP contribution in [0.5, 0.6) is 0 Å². The van der Waals surface area contributed by atoms with Crippen LogP contribution in [0.1, 0.15) is 68.6 Å². The zero-order valence-electron chi connectivity index (χ0n) is 19.1. The number of carbonyl (C=O) groups excluding carboxylic acids is 2. The van der Waals surface area contributed by atoms with Gasteiger partial charge in [-0.15, -0.1) is 0 Å². The number of ether oxygens (including phenoxy) is 1. The molecule has 0 radical (unpaired) electrons. The van der Waals surface area contributed by atoms with Crippen molar-refractivity contribution in [2.45, 2.75) is 58.3 Å². The van der Waals surface area contributed by atoms with Crippen molar-refractivity contribution in [2.75, 3.05) is 6.61 Å². The lowest BCUT2D eigenvalue weighted by Gasteiger charge is -2.36. The van der Waals surface area contributed by atoms with Crippen LogP contribution in [0, 0.1) is 5.92 Å². The summed E-state index contributed by atoms with van der Waals surface area (Å²) in [6, 6.07) is 18.5. The van der Waals surface area contributed by atoms with E-state index in [9.17, 15) is 9.59 Å². The van der Waals surface area contributed by atoms with Gasteiger partial charge in [-0.2, -0.15) is 0 Å². The predicted molar refractivity (Wildman–Crippen MR) is 127 cm³/mol. The number of aliphatic imine (C=N–C) groups is 1. The lowest BCUT2D eigenvalue weighted by Crippen LogP contribution is -2.38. The Kier molecular flexibility index (Phi) is 6.69. The second kappa shape index (κ2) is 9.64. The molecule has 0 amide bonds. The molecule has 4 nitrogen and oxygen atoms in total. The highest BCUT2D eigenvalue weighted by Gasteiger charge is 2.44. The Balaban J connectivity index is 1.77. The van der Waals surface area contributed by atoms with Crippen LogP contribution in [0.3, 0.4) is 0 Å². The molecule has 0 fully saturated rings. The smallest absolute Gasteiger partial charge is 0.315 e. The first kappa shape index (κ1) is 22.2. The summed E-state index contributed by atoms with van der Waals surface area (Å²) in [5.74, 6) is -0.992. The molecule has 2 aromatic carbocycles. The van der Waals surface area contributed by atoms with Crippen LogP contribution in [-0.4, -0.2) is 24.1 Å². The number of hydrogen-bond donors (Lipinski definition) is 0. The molecule has 0 saturated heterocycles. The van der Waals surface area contributed by atoms with Gasteiger partial charge in [-0.05, 0) is 48.8 Å². The average Bonchev–Trinajstić information content (AvgIpc) is 2.82. The van der Waals surface area contributed by atoms with E-state index in [1.165, 1.54) is 5.56 Å². The molecule has 1 aliphatic heterocycles. The third-order valence-corrected chi connectivity index (χ3v) is 6.61. The quantitative estimate of drug-likeness (QED) is 0.547. The number of aryl methyl sites for hydroxylation is 1. The molecule has 0 saturated carbocycles. The number of hydrogen-bond acceptors (Lipinski definition) is 4. The Bertz CT molecular complexity index is 1050. The normalized spacial score (nSPS) is 22.9. The van der Waals surface area contributed by atoms with Gasteiger partial charge in [0.15, 0.2) is 5.78 Å². The first-order valence-corrected chi connectivity index (χ1v) is 11.6. The molecule has 2 aromatic rings. The van der Waals surface area contributed by atoms with Gasteiger partial charge in [-0.25, -0.2) is 0 Å². The van der Waals surface area contributed by atoms with Crippen molar-refractivity contribution in [3.63, 3.8) is 0 Å². The highest BCUT2D eigenvalue weighted by atomic mass is 16.5. The van der Waals surface area contributed by atoms with Crippen LogP contribution >= 0.6 is 0 Å². The Morgan fingerprint density at radius 3 is 2.38 bits per heavy atom. The van der Waals surface area contributed by atoms with Crippen molar-refractivity contribution < 1.29 is 14.3 Å². The summed E-state index contributed by atoms with van der Waals surface area (Å²) in [6.07, 6.45) is 2.86. The van der Waals surface area contributed by atoms with E-state index in [1.54, 1.807) is 0 Å². The molecule has 1 aliphatic carbocycles. The van der Waals surface area contributed by atoms with E-state index in [-0.39, 0.29) is 23.6 Å². The van der Waals surface area contributed by atoms with E-state index in [0.717, 1.165) is 35.4 Å². The van der Waals surface area contributed by atoms with Crippen molar-refractivity contribution in [1.29, 1.82) is 0 Å². The zero-order chi connectivity index (χ0) is 22.7. The van der Waals surface area contributed by atoms with Crippen LogP contribution < -0.4 is 0 Å². The lowest BCUT2D eigenvalue weighted by atomic mass is 9.69. The van der Waals surface area contributed by atoms with Gasteiger partial charge >= 0.3 is 5.97 Å². The van der Waals surface area contributed by atoms with Crippen LogP contribution in [-0.2, 0) is 20.7 Å². The third-order valence-electron chi connectivity index (χ3n) is 6.61. The van der Waals surface area contributed by atoms with Crippen molar-refractivity contribution in [1.82, 2.24) is 0 Å². The third kappa shape index (κ3) is 4.32. The monoisotopic (exact) mass is 429 g/mol. The van der Waals surface area contributed by atoms with Gasteiger partial charge in [-0.3, -0.25) is 14.6 Å². The molecule has 1 unspecified atom stereocenters. The maximum Gasteiger partial charge on any atom is 0.315 e. The van der Waals surface area contributed by atoms with Crippen molar-refractivity contribution in [2.24, 2.45) is 10.9 Å².